The molecule has 0 spiro atoms. The Kier molecular flexibility index (Phi) is 74.3. The zero-order valence-corrected chi connectivity index (χ0v) is 68.1. The Hall–Kier alpha value is -5.06. The molecule has 0 aliphatic rings. The topological polar surface area (TPSA) is 237 Å². The van der Waals surface area contributed by atoms with Crippen molar-refractivity contribution in [2.45, 2.75) is 341 Å². The van der Waals surface area contributed by atoms with Gasteiger partial charge in [0.05, 0.1) is 26.4 Å². The Morgan fingerprint density at radius 3 is 0.868 bits per heavy atom. The normalized spacial score (nSPS) is 14.6. The van der Waals surface area contributed by atoms with E-state index in [2.05, 4.69) is 143 Å². The summed E-state index contributed by atoms with van der Waals surface area (Å²) in [6.07, 6.45) is 89.8. The van der Waals surface area contributed by atoms with Crippen molar-refractivity contribution >= 4 is 39.5 Å². The highest BCUT2D eigenvalue weighted by atomic mass is 31.2. The number of allylic oxidation sites excluding steroid dienone is 24. The molecule has 0 aromatic rings. The fourth-order valence-electron chi connectivity index (χ4n) is 10.5. The van der Waals surface area contributed by atoms with Gasteiger partial charge in [0.15, 0.2) is 12.2 Å². The lowest BCUT2D eigenvalue weighted by atomic mass is 10.1. The van der Waals surface area contributed by atoms with Crippen LogP contribution < -0.4 is 0 Å². The van der Waals surface area contributed by atoms with E-state index in [-0.39, 0.29) is 25.7 Å². The van der Waals surface area contributed by atoms with E-state index >= 15 is 0 Å². The van der Waals surface area contributed by atoms with Gasteiger partial charge < -0.3 is 33.8 Å². The van der Waals surface area contributed by atoms with Gasteiger partial charge in [-0.25, -0.2) is 9.13 Å². The van der Waals surface area contributed by atoms with Crippen LogP contribution >= 0.6 is 15.6 Å². The van der Waals surface area contributed by atoms with Gasteiger partial charge in [-0.15, -0.1) is 0 Å². The Morgan fingerprint density at radius 1 is 0.274 bits per heavy atom. The van der Waals surface area contributed by atoms with Gasteiger partial charge in [0, 0.05) is 25.7 Å². The number of hydrogen-bond donors (Lipinski definition) is 3. The number of carbonyl (C=O) groups excluding carboxylic acids is 4. The van der Waals surface area contributed by atoms with Gasteiger partial charge in [-0.3, -0.25) is 37.3 Å². The molecule has 19 heteroatoms. The molecule has 0 amide bonds. The van der Waals surface area contributed by atoms with Crippen LogP contribution in [0.15, 0.2) is 146 Å². The van der Waals surface area contributed by atoms with Gasteiger partial charge in [0.1, 0.15) is 19.3 Å². The maximum Gasteiger partial charge on any atom is 0.472 e. The number of hydrogen-bond acceptors (Lipinski definition) is 15. The summed E-state index contributed by atoms with van der Waals surface area (Å²) in [4.78, 5) is 73.1. The van der Waals surface area contributed by atoms with Crippen LogP contribution in [0.4, 0.5) is 0 Å². The van der Waals surface area contributed by atoms with Gasteiger partial charge in [-0.05, 0) is 154 Å². The summed E-state index contributed by atoms with van der Waals surface area (Å²) in [6.45, 7) is 4.56. The van der Waals surface area contributed by atoms with E-state index in [1.165, 1.54) is 77.0 Å². The highest BCUT2D eigenvalue weighted by Gasteiger charge is 2.30. The van der Waals surface area contributed by atoms with Gasteiger partial charge in [0.2, 0.25) is 0 Å². The van der Waals surface area contributed by atoms with Crippen molar-refractivity contribution in [2.75, 3.05) is 39.6 Å². The number of ether oxygens (including phenoxy) is 4. The van der Waals surface area contributed by atoms with Crippen LogP contribution in [0.25, 0.3) is 0 Å². The number of unbranched alkanes of at least 4 members (excludes halogenated alkanes) is 26. The first-order chi connectivity index (χ1) is 51.7. The Labute approximate surface area is 643 Å². The van der Waals surface area contributed by atoms with Crippen molar-refractivity contribution in [3.05, 3.63) is 146 Å². The fourth-order valence-corrected chi connectivity index (χ4v) is 12.1. The molecule has 0 saturated carbocycles. The Bertz CT molecular complexity index is 2580. The number of aliphatic hydroxyl groups is 1. The summed E-state index contributed by atoms with van der Waals surface area (Å²) < 4.78 is 68.5. The van der Waals surface area contributed by atoms with E-state index < -0.39 is 97.5 Å². The molecule has 17 nitrogen and oxygen atoms in total. The van der Waals surface area contributed by atoms with Crippen molar-refractivity contribution < 1.29 is 80.2 Å². The lowest BCUT2D eigenvalue weighted by Gasteiger charge is -2.21. The lowest BCUT2D eigenvalue weighted by Crippen LogP contribution is -2.30. The van der Waals surface area contributed by atoms with Gasteiger partial charge in [-0.2, -0.15) is 0 Å². The largest absolute Gasteiger partial charge is 0.472 e. The fraction of sp³-hybridized carbons (Fsp3) is 0.678. The highest BCUT2D eigenvalue weighted by Crippen LogP contribution is 2.45. The van der Waals surface area contributed by atoms with E-state index in [1.807, 2.05) is 30.4 Å². The maximum absolute atomic E-state index is 13.1. The molecule has 2 unspecified atom stereocenters. The van der Waals surface area contributed by atoms with Crippen molar-refractivity contribution in [2.24, 2.45) is 0 Å². The molecule has 3 N–H and O–H groups in total. The second-order valence-corrected chi connectivity index (χ2v) is 29.9. The van der Waals surface area contributed by atoms with Gasteiger partial charge in [-0.1, -0.05) is 289 Å². The van der Waals surface area contributed by atoms with E-state index in [0.717, 1.165) is 154 Å². The molecule has 0 rings (SSSR count). The molecule has 0 saturated heterocycles. The van der Waals surface area contributed by atoms with Gasteiger partial charge >= 0.3 is 39.5 Å². The lowest BCUT2D eigenvalue weighted by molar-refractivity contribution is -0.161. The average Bonchev–Trinajstić information content (AvgIpc) is 0.906. The number of carbonyl (C=O) groups is 4. The molecular weight excluding hydrogens is 1380 g/mol. The van der Waals surface area contributed by atoms with E-state index in [4.69, 9.17) is 37.0 Å². The summed E-state index contributed by atoms with van der Waals surface area (Å²) in [7, 11) is -10.0. The second-order valence-electron chi connectivity index (χ2n) is 27.0. The van der Waals surface area contributed by atoms with Crippen LogP contribution in [0, 0.1) is 0 Å². The second kappa shape index (κ2) is 78.1. The van der Waals surface area contributed by atoms with Crippen LogP contribution in [0.3, 0.4) is 0 Å². The number of phosphoric acid groups is 2. The minimum absolute atomic E-state index is 0.0135. The third kappa shape index (κ3) is 77.1. The third-order valence-electron chi connectivity index (χ3n) is 16.8. The molecule has 106 heavy (non-hydrogen) atoms. The summed E-state index contributed by atoms with van der Waals surface area (Å²) in [6, 6.07) is 0. The van der Waals surface area contributed by atoms with Crippen LogP contribution in [-0.4, -0.2) is 96.7 Å². The molecule has 0 fully saturated rings. The molecular formula is C87H146O17P2. The predicted octanol–water partition coefficient (Wildman–Crippen LogP) is 24.2. The molecule has 0 aliphatic carbocycles. The van der Waals surface area contributed by atoms with Crippen LogP contribution in [0.1, 0.15) is 323 Å². The van der Waals surface area contributed by atoms with Crippen molar-refractivity contribution in [3.63, 3.8) is 0 Å². The molecule has 0 aliphatic heterocycles. The van der Waals surface area contributed by atoms with E-state index in [9.17, 15) is 43.2 Å². The summed E-state index contributed by atoms with van der Waals surface area (Å²) in [5.74, 6) is -2.35. The number of phosphoric ester groups is 2. The summed E-state index contributed by atoms with van der Waals surface area (Å²) >= 11 is 0. The van der Waals surface area contributed by atoms with Crippen LogP contribution in [-0.2, 0) is 65.4 Å². The molecule has 5 atom stereocenters. The van der Waals surface area contributed by atoms with Crippen LogP contribution in [0.2, 0.25) is 0 Å². The summed E-state index contributed by atoms with van der Waals surface area (Å²) in [5.41, 5.74) is 0. The van der Waals surface area contributed by atoms with Gasteiger partial charge in [0.25, 0.3) is 0 Å². The predicted molar refractivity (Wildman–Crippen MR) is 436 cm³/mol. The monoisotopic (exact) mass is 1530 g/mol. The minimum Gasteiger partial charge on any atom is -0.462 e. The highest BCUT2D eigenvalue weighted by molar-refractivity contribution is 7.47. The zero-order chi connectivity index (χ0) is 77.4. The number of rotatable bonds is 76. The SMILES string of the molecule is CC/C=C\C/C=C\C/C=C\C/C=C\C/C=C\C/C=C\CCC(=O)O[C@H](COC(=O)CCCCCCCCC/C=C\CCCCCC)COP(=O)(O)OC[C@@H](O)COP(=O)(O)OC[C@@H](COC(=O)CCCCCCCCC/C=C\CCCCCC)OC(=O)CCC/C=C\C/C=C\C/C=C\C/C=C\CCCCC. The maximum atomic E-state index is 13.1. The first kappa shape index (κ1) is 101. The first-order valence-corrected chi connectivity index (χ1v) is 44.1. The molecule has 0 bridgehead atoms. The quantitative estimate of drug-likeness (QED) is 0.0169. The van der Waals surface area contributed by atoms with Crippen LogP contribution in [0.5, 0.6) is 0 Å². The minimum atomic E-state index is -5.01. The molecule has 0 heterocycles. The zero-order valence-electron chi connectivity index (χ0n) is 66.3. The molecule has 606 valence electrons. The van der Waals surface area contributed by atoms with E-state index in [0.29, 0.717) is 38.5 Å². The Balaban J connectivity index is 5.50. The standard InChI is InChI=1S/C87H146O17P2/c1-5-9-13-17-21-25-29-33-37-39-40-42-46-50-54-58-62-66-70-74-87(92)104-83(78-98-85(90)72-68-64-60-56-52-48-44-36-32-28-24-20-16-12-8-4)80-102-106(95,96)100-76-81(88)75-99-105(93,94)101-79-82(77-97-84(89)71-67-63-59-55-51-47-43-35-31-27-23-19-15-11-7-3)103-86(91)73-69-65-61-57-53-49-45-41-38-34-30-26-22-18-14-10-6-2/h9,13,21-22,25-28,31-34,37-38,40,42,45,49-50,54,57,61-62,66,81-83,88H,5-8,10-12,14-20,23-24,29-30,35-36,39,41,43-44,46-48,51-53,55-56,58-60,63-65,67-80H2,1-4H3,(H,93,94)(H,95,96)/b13-9-,25-21-,26-22-,31-27-,32-28-,37-33-,38-34-,42-40-,49-45-,54-50-,61-57-,66-62-/t81-,82+,83+/m0/s1. The smallest absolute Gasteiger partial charge is 0.462 e. The van der Waals surface area contributed by atoms with E-state index in [1.54, 1.807) is 0 Å². The third-order valence-corrected chi connectivity index (χ3v) is 18.7. The van der Waals surface area contributed by atoms with Crippen molar-refractivity contribution in [1.82, 2.24) is 0 Å². The van der Waals surface area contributed by atoms with Crippen molar-refractivity contribution in [3.8, 4) is 0 Å². The first-order valence-electron chi connectivity index (χ1n) is 41.1. The molecule has 0 aromatic heterocycles. The average molecular weight is 1530 g/mol. The van der Waals surface area contributed by atoms with Crippen molar-refractivity contribution in [1.29, 1.82) is 0 Å². The number of esters is 4. The molecule has 0 aromatic carbocycles. The molecule has 0 radical (unpaired) electrons. The Morgan fingerprint density at radius 2 is 0.519 bits per heavy atom. The summed E-state index contributed by atoms with van der Waals surface area (Å²) in [5, 5.41) is 10.7. The number of aliphatic hydroxyl groups excluding tert-OH is 1.